The number of nitrogens with one attached hydrogen (secondary N) is 1. The van der Waals surface area contributed by atoms with Crippen molar-refractivity contribution in [3.05, 3.63) is 28.8 Å². The summed E-state index contributed by atoms with van der Waals surface area (Å²) >= 11 is 6.06. The molecule has 1 N–H and O–H groups in total. The SMILES string of the molecule is Cc1ccc(NCC(C)(C)CCC#N)cc1Cl. The zero-order valence-electron chi connectivity index (χ0n) is 10.7. The Morgan fingerprint density at radius 3 is 2.71 bits per heavy atom. The first-order valence-corrected chi connectivity index (χ1v) is 6.19. The molecule has 3 heteroatoms. The number of nitriles is 1. The van der Waals surface area contributed by atoms with Crippen LogP contribution in [0, 0.1) is 23.7 Å². The van der Waals surface area contributed by atoms with Crippen LogP contribution in [0.25, 0.3) is 0 Å². The van der Waals surface area contributed by atoms with E-state index in [0.29, 0.717) is 6.42 Å². The molecule has 92 valence electrons. The fourth-order valence-corrected chi connectivity index (χ4v) is 1.71. The molecule has 2 nitrogen and oxygen atoms in total. The highest BCUT2D eigenvalue weighted by atomic mass is 35.5. The summed E-state index contributed by atoms with van der Waals surface area (Å²) in [6.07, 6.45) is 1.50. The zero-order chi connectivity index (χ0) is 12.9. The van der Waals surface area contributed by atoms with Crippen LogP contribution in [0.4, 0.5) is 5.69 Å². The van der Waals surface area contributed by atoms with Crippen LogP contribution in [-0.4, -0.2) is 6.54 Å². The Morgan fingerprint density at radius 1 is 1.41 bits per heavy atom. The van der Waals surface area contributed by atoms with E-state index in [2.05, 4.69) is 25.2 Å². The normalized spacial score (nSPS) is 11.0. The van der Waals surface area contributed by atoms with Crippen LogP contribution in [0.15, 0.2) is 18.2 Å². The molecular weight excluding hydrogens is 232 g/mol. The highest BCUT2D eigenvalue weighted by molar-refractivity contribution is 6.31. The average Bonchev–Trinajstić information content (AvgIpc) is 2.28. The van der Waals surface area contributed by atoms with Gasteiger partial charge in [-0.2, -0.15) is 5.26 Å². The molecule has 0 saturated carbocycles. The first kappa shape index (κ1) is 13.9. The van der Waals surface area contributed by atoms with E-state index < -0.39 is 0 Å². The Hall–Kier alpha value is -1.20. The molecule has 1 aromatic carbocycles. The monoisotopic (exact) mass is 250 g/mol. The number of rotatable bonds is 5. The standard InChI is InChI=1S/C14H19ClN2/c1-11-5-6-12(9-13(11)15)17-10-14(2,3)7-4-8-16/h5-6,9,17H,4,7,10H2,1-3H3. The van der Waals surface area contributed by atoms with Crippen molar-refractivity contribution in [3.8, 4) is 6.07 Å². The molecule has 1 aromatic rings. The van der Waals surface area contributed by atoms with Crippen LogP contribution in [0.2, 0.25) is 5.02 Å². The third-order valence-electron chi connectivity index (χ3n) is 2.86. The van der Waals surface area contributed by atoms with Gasteiger partial charge in [-0.25, -0.2) is 0 Å². The van der Waals surface area contributed by atoms with E-state index in [1.54, 1.807) is 0 Å². The Kier molecular flexibility index (Phi) is 4.84. The smallest absolute Gasteiger partial charge is 0.0621 e. The minimum absolute atomic E-state index is 0.118. The third kappa shape index (κ3) is 4.66. The lowest BCUT2D eigenvalue weighted by molar-refractivity contribution is 0.364. The Balaban J connectivity index is 2.55. The van der Waals surface area contributed by atoms with E-state index in [9.17, 15) is 0 Å². The molecule has 0 amide bonds. The minimum Gasteiger partial charge on any atom is -0.384 e. The number of hydrogen-bond acceptors (Lipinski definition) is 2. The quantitative estimate of drug-likeness (QED) is 0.841. The maximum atomic E-state index is 8.59. The van der Waals surface area contributed by atoms with Crippen LogP contribution < -0.4 is 5.32 Å². The predicted molar refractivity (Wildman–Crippen MR) is 73.3 cm³/mol. The molecule has 0 spiro atoms. The molecule has 0 radical (unpaired) electrons. The number of aryl methyl sites for hydroxylation is 1. The molecule has 0 aromatic heterocycles. The fraction of sp³-hybridized carbons (Fsp3) is 0.500. The Bertz CT molecular complexity index is 419. The summed E-state index contributed by atoms with van der Waals surface area (Å²) in [5.41, 5.74) is 2.24. The summed E-state index contributed by atoms with van der Waals surface area (Å²) in [7, 11) is 0. The number of nitrogens with zero attached hydrogens (tertiary/aromatic N) is 1. The summed E-state index contributed by atoms with van der Waals surface area (Å²) in [6.45, 7) is 7.15. The maximum Gasteiger partial charge on any atom is 0.0621 e. The highest BCUT2D eigenvalue weighted by Gasteiger charge is 2.16. The van der Waals surface area contributed by atoms with E-state index in [1.807, 2.05) is 25.1 Å². The number of halogens is 1. The molecule has 0 aliphatic carbocycles. The summed E-state index contributed by atoms with van der Waals surface area (Å²) in [5, 5.41) is 12.7. The lowest BCUT2D eigenvalue weighted by Gasteiger charge is -2.24. The highest BCUT2D eigenvalue weighted by Crippen LogP contribution is 2.25. The molecule has 0 heterocycles. The Morgan fingerprint density at radius 2 is 2.12 bits per heavy atom. The minimum atomic E-state index is 0.118. The molecule has 0 aliphatic rings. The second-order valence-corrected chi connectivity index (χ2v) is 5.55. The van der Waals surface area contributed by atoms with E-state index >= 15 is 0 Å². The van der Waals surface area contributed by atoms with Crippen molar-refractivity contribution in [2.75, 3.05) is 11.9 Å². The van der Waals surface area contributed by atoms with Crippen molar-refractivity contribution in [1.29, 1.82) is 5.26 Å². The first-order valence-electron chi connectivity index (χ1n) is 5.81. The van der Waals surface area contributed by atoms with Gasteiger partial charge in [0, 0.05) is 23.7 Å². The van der Waals surface area contributed by atoms with E-state index in [0.717, 1.165) is 29.2 Å². The van der Waals surface area contributed by atoms with Gasteiger partial charge < -0.3 is 5.32 Å². The topological polar surface area (TPSA) is 35.8 Å². The van der Waals surface area contributed by atoms with E-state index in [-0.39, 0.29) is 5.41 Å². The van der Waals surface area contributed by atoms with Crippen molar-refractivity contribution >= 4 is 17.3 Å². The van der Waals surface area contributed by atoms with Crippen molar-refractivity contribution < 1.29 is 0 Å². The van der Waals surface area contributed by atoms with Crippen molar-refractivity contribution in [1.82, 2.24) is 0 Å². The van der Waals surface area contributed by atoms with Gasteiger partial charge in [-0.1, -0.05) is 31.5 Å². The first-order chi connectivity index (χ1) is 7.94. The Labute approximate surface area is 109 Å². The molecule has 0 fully saturated rings. The molecule has 0 unspecified atom stereocenters. The summed E-state index contributed by atoms with van der Waals surface area (Å²) < 4.78 is 0. The van der Waals surface area contributed by atoms with Crippen LogP contribution >= 0.6 is 11.6 Å². The van der Waals surface area contributed by atoms with Crippen LogP contribution in [0.1, 0.15) is 32.3 Å². The van der Waals surface area contributed by atoms with Crippen LogP contribution in [0.5, 0.6) is 0 Å². The van der Waals surface area contributed by atoms with Crippen LogP contribution in [-0.2, 0) is 0 Å². The van der Waals surface area contributed by atoms with Gasteiger partial charge in [0.05, 0.1) is 6.07 Å². The van der Waals surface area contributed by atoms with Crippen molar-refractivity contribution in [2.24, 2.45) is 5.41 Å². The van der Waals surface area contributed by atoms with Gasteiger partial charge in [0.15, 0.2) is 0 Å². The largest absolute Gasteiger partial charge is 0.384 e. The van der Waals surface area contributed by atoms with Crippen molar-refractivity contribution in [3.63, 3.8) is 0 Å². The molecule has 0 aliphatic heterocycles. The van der Waals surface area contributed by atoms with Gasteiger partial charge in [0.25, 0.3) is 0 Å². The molecule has 0 saturated heterocycles. The summed E-state index contributed by atoms with van der Waals surface area (Å²) in [5.74, 6) is 0. The molecular formula is C14H19ClN2. The van der Waals surface area contributed by atoms with Gasteiger partial charge in [0.1, 0.15) is 0 Å². The molecule has 17 heavy (non-hydrogen) atoms. The third-order valence-corrected chi connectivity index (χ3v) is 3.26. The maximum absolute atomic E-state index is 8.59. The van der Waals surface area contributed by atoms with Gasteiger partial charge in [-0.05, 0) is 36.5 Å². The number of hydrogen-bond donors (Lipinski definition) is 1. The van der Waals surface area contributed by atoms with E-state index in [4.69, 9.17) is 16.9 Å². The van der Waals surface area contributed by atoms with E-state index in [1.165, 1.54) is 0 Å². The molecule has 0 atom stereocenters. The van der Waals surface area contributed by atoms with Gasteiger partial charge in [-0.3, -0.25) is 0 Å². The second-order valence-electron chi connectivity index (χ2n) is 5.14. The molecule has 1 rings (SSSR count). The summed E-state index contributed by atoms with van der Waals surface area (Å²) in [4.78, 5) is 0. The van der Waals surface area contributed by atoms with Crippen molar-refractivity contribution in [2.45, 2.75) is 33.6 Å². The fourth-order valence-electron chi connectivity index (χ4n) is 1.53. The lowest BCUT2D eigenvalue weighted by atomic mass is 9.88. The van der Waals surface area contributed by atoms with Gasteiger partial charge in [-0.15, -0.1) is 0 Å². The van der Waals surface area contributed by atoms with Crippen LogP contribution in [0.3, 0.4) is 0 Å². The zero-order valence-corrected chi connectivity index (χ0v) is 11.4. The second kappa shape index (κ2) is 5.93. The lowest BCUT2D eigenvalue weighted by Crippen LogP contribution is -2.22. The average molecular weight is 251 g/mol. The van der Waals surface area contributed by atoms with Gasteiger partial charge in [0.2, 0.25) is 0 Å². The number of benzene rings is 1. The van der Waals surface area contributed by atoms with Gasteiger partial charge >= 0.3 is 0 Å². The number of anilines is 1. The molecule has 0 bridgehead atoms. The summed E-state index contributed by atoms with van der Waals surface area (Å²) in [6, 6.07) is 8.17. The predicted octanol–water partition coefficient (Wildman–Crippen LogP) is 4.39.